The molecule has 0 saturated carbocycles. The first-order chi connectivity index (χ1) is 8.85. The molecule has 1 aromatic rings. The number of anilines is 2. The minimum absolute atomic E-state index is 0.00213. The molecule has 1 aliphatic rings. The van der Waals surface area contributed by atoms with Crippen molar-refractivity contribution < 1.29 is 9.53 Å². The fraction of sp³-hybridized carbons (Fsp3) is 0.615. The third-order valence-corrected chi connectivity index (χ3v) is 5.76. The maximum absolute atomic E-state index is 11.6. The van der Waals surface area contributed by atoms with Crippen LogP contribution in [0.3, 0.4) is 0 Å². The van der Waals surface area contributed by atoms with Gasteiger partial charge in [-0.05, 0) is 13.8 Å². The van der Waals surface area contributed by atoms with E-state index >= 15 is 0 Å². The van der Waals surface area contributed by atoms with E-state index in [0.29, 0.717) is 16.3 Å². The molecule has 6 heteroatoms. The minimum Gasteiger partial charge on any atom is -0.492 e. The van der Waals surface area contributed by atoms with E-state index in [-0.39, 0.29) is 10.5 Å². The van der Waals surface area contributed by atoms with E-state index in [0.717, 1.165) is 23.8 Å². The average molecular weight is 300 g/mol. The molecular weight excluding hydrogens is 280 g/mol. The third-order valence-electron chi connectivity index (χ3n) is 3.12. The van der Waals surface area contributed by atoms with Crippen molar-refractivity contribution in [2.24, 2.45) is 0 Å². The van der Waals surface area contributed by atoms with Crippen molar-refractivity contribution in [2.45, 2.75) is 25.5 Å². The highest BCUT2D eigenvalue weighted by molar-refractivity contribution is 8.00. The molecule has 2 heterocycles. The molecule has 106 valence electrons. The smallest absolute Gasteiger partial charge is 0.177 e. The summed E-state index contributed by atoms with van der Waals surface area (Å²) in [5.74, 6) is 1.72. The summed E-state index contributed by atoms with van der Waals surface area (Å²) in [7, 11) is 1.61. The Morgan fingerprint density at radius 1 is 1.47 bits per heavy atom. The van der Waals surface area contributed by atoms with Crippen LogP contribution in [0.1, 0.15) is 30.4 Å². The van der Waals surface area contributed by atoms with Crippen LogP contribution in [0.15, 0.2) is 0 Å². The van der Waals surface area contributed by atoms with E-state index in [1.165, 1.54) is 11.3 Å². The highest BCUT2D eigenvalue weighted by atomic mass is 32.2. The van der Waals surface area contributed by atoms with Crippen molar-refractivity contribution in [1.82, 2.24) is 0 Å². The van der Waals surface area contributed by atoms with Gasteiger partial charge in [0.05, 0.1) is 17.7 Å². The van der Waals surface area contributed by atoms with Crippen molar-refractivity contribution in [3.05, 3.63) is 4.88 Å². The Bertz CT molecular complexity index is 497. The van der Waals surface area contributed by atoms with Gasteiger partial charge in [-0.1, -0.05) is 0 Å². The second-order valence-corrected chi connectivity index (χ2v) is 8.07. The van der Waals surface area contributed by atoms with Gasteiger partial charge in [0.1, 0.15) is 5.00 Å². The molecule has 1 aromatic heterocycles. The van der Waals surface area contributed by atoms with Gasteiger partial charge < -0.3 is 15.4 Å². The van der Waals surface area contributed by atoms with Crippen LogP contribution in [0.25, 0.3) is 0 Å². The molecule has 0 spiro atoms. The molecule has 0 amide bonds. The molecule has 0 unspecified atom stereocenters. The number of rotatable bonds is 3. The van der Waals surface area contributed by atoms with E-state index in [1.807, 2.05) is 11.8 Å². The number of methoxy groups -OCH3 is 1. The number of nitrogens with zero attached hydrogens (tertiary/aromatic N) is 1. The van der Waals surface area contributed by atoms with Gasteiger partial charge >= 0.3 is 0 Å². The van der Waals surface area contributed by atoms with Crippen LogP contribution >= 0.6 is 23.1 Å². The Balaban J connectivity index is 2.39. The Hall–Kier alpha value is -0.880. The Labute approximate surface area is 122 Å². The summed E-state index contributed by atoms with van der Waals surface area (Å²) >= 11 is 3.42. The summed E-state index contributed by atoms with van der Waals surface area (Å²) in [6.45, 7) is 7.91. The molecule has 0 aromatic carbocycles. The van der Waals surface area contributed by atoms with Crippen LogP contribution in [-0.2, 0) is 0 Å². The van der Waals surface area contributed by atoms with Crippen molar-refractivity contribution in [3.63, 3.8) is 0 Å². The lowest BCUT2D eigenvalue weighted by Gasteiger charge is -2.38. The van der Waals surface area contributed by atoms with E-state index in [2.05, 4.69) is 18.7 Å². The zero-order chi connectivity index (χ0) is 14.2. The molecule has 4 nitrogen and oxygen atoms in total. The van der Waals surface area contributed by atoms with Crippen LogP contribution in [0.5, 0.6) is 5.75 Å². The largest absolute Gasteiger partial charge is 0.492 e. The van der Waals surface area contributed by atoms with Crippen LogP contribution in [-0.4, -0.2) is 36.5 Å². The van der Waals surface area contributed by atoms with E-state index < -0.39 is 0 Å². The highest BCUT2D eigenvalue weighted by Crippen LogP contribution is 2.46. The molecule has 1 saturated heterocycles. The number of Topliss-reactive ketones (excluding diaryl/α,β-unsaturated/α-hetero) is 1. The summed E-state index contributed by atoms with van der Waals surface area (Å²) in [6, 6.07) is 0. The summed E-state index contributed by atoms with van der Waals surface area (Å²) in [5, 5.41) is 0.985. The van der Waals surface area contributed by atoms with E-state index in [9.17, 15) is 4.79 Å². The molecule has 0 bridgehead atoms. The normalized spacial score (nSPS) is 18.4. The fourth-order valence-corrected chi connectivity index (χ4v) is 4.50. The Kier molecular flexibility index (Phi) is 4.01. The first-order valence-corrected chi connectivity index (χ1v) is 8.02. The Morgan fingerprint density at radius 3 is 2.68 bits per heavy atom. The second-order valence-electron chi connectivity index (χ2n) is 5.27. The summed E-state index contributed by atoms with van der Waals surface area (Å²) in [5.41, 5.74) is 6.50. The van der Waals surface area contributed by atoms with Gasteiger partial charge in [-0.15, -0.1) is 11.3 Å². The number of carbonyl (C=O) groups excluding carboxylic acids is 1. The number of thiophene rings is 1. The number of ether oxygens (including phenoxy) is 1. The van der Waals surface area contributed by atoms with E-state index in [1.54, 1.807) is 14.0 Å². The number of thioether (sulfide) groups is 1. The molecule has 2 N–H and O–H groups in total. The predicted molar refractivity (Wildman–Crippen MR) is 84.0 cm³/mol. The third kappa shape index (κ3) is 2.84. The van der Waals surface area contributed by atoms with Crippen molar-refractivity contribution >= 4 is 39.6 Å². The number of hydrogen-bond donors (Lipinski definition) is 1. The second kappa shape index (κ2) is 5.25. The van der Waals surface area contributed by atoms with Gasteiger partial charge in [-0.25, -0.2) is 0 Å². The van der Waals surface area contributed by atoms with Gasteiger partial charge in [0.2, 0.25) is 0 Å². The lowest BCUT2D eigenvalue weighted by Crippen LogP contribution is -2.42. The lowest BCUT2D eigenvalue weighted by atomic mass is 10.2. The van der Waals surface area contributed by atoms with E-state index in [4.69, 9.17) is 10.5 Å². The number of nitrogen functional groups attached to an aromatic ring is 1. The molecular formula is C13H20N2O2S2. The number of hydrogen-bond acceptors (Lipinski definition) is 6. The first kappa shape index (κ1) is 14.5. The van der Waals surface area contributed by atoms with Crippen molar-refractivity contribution in [1.29, 1.82) is 0 Å². The molecule has 0 atom stereocenters. The maximum atomic E-state index is 11.6. The van der Waals surface area contributed by atoms with Crippen LogP contribution in [0.4, 0.5) is 10.7 Å². The van der Waals surface area contributed by atoms with Gasteiger partial charge in [0.25, 0.3) is 0 Å². The zero-order valence-electron chi connectivity index (χ0n) is 11.8. The fourth-order valence-electron chi connectivity index (χ4n) is 2.27. The predicted octanol–water partition coefficient (Wildman–Crippen LogP) is 2.87. The number of nitrogens with two attached hydrogens (primary N) is 1. The number of carbonyl (C=O) groups is 1. The molecule has 1 fully saturated rings. The summed E-state index contributed by atoms with van der Waals surface area (Å²) in [4.78, 5) is 14.5. The molecule has 0 aliphatic carbocycles. The van der Waals surface area contributed by atoms with Gasteiger partial charge in [0.15, 0.2) is 11.5 Å². The van der Waals surface area contributed by atoms with Crippen LogP contribution < -0.4 is 15.4 Å². The lowest BCUT2D eigenvalue weighted by molar-refractivity contribution is 0.102. The van der Waals surface area contributed by atoms with Gasteiger partial charge in [0, 0.05) is 30.5 Å². The SMILES string of the molecule is COc1c(N2CCSC(C)(C)C2)sc(C(C)=O)c1N. The maximum Gasteiger partial charge on any atom is 0.177 e. The molecule has 2 rings (SSSR count). The summed E-state index contributed by atoms with van der Waals surface area (Å²) in [6.07, 6.45) is 0. The van der Waals surface area contributed by atoms with Gasteiger partial charge in [-0.3, -0.25) is 4.79 Å². The molecule has 0 radical (unpaired) electrons. The molecule has 19 heavy (non-hydrogen) atoms. The van der Waals surface area contributed by atoms with Crippen LogP contribution in [0.2, 0.25) is 0 Å². The minimum atomic E-state index is -0.00213. The zero-order valence-corrected chi connectivity index (χ0v) is 13.4. The van der Waals surface area contributed by atoms with Crippen molar-refractivity contribution in [2.75, 3.05) is 36.6 Å². The topological polar surface area (TPSA) is 55.6 Å². The Morgan fingerprint density at radius 2 is 2.16 bits per heavy atom. The highest BCUT2D eigenvalue weighted by Gasteiger charge is 2.31. The first-order valence-electron chi connectivity index (χ1n) is 6.22. The quantitative estimate of drug-likeness (QED) is 0.870. The standard InChI is InChI=1S/C13H20N2O2S2/c1-8(16)11-9(14)10(17-4)12(19-11)15-5-6-18-13(2,3)7-15/h5-7,14H2,1-4H3. The summed E-state index contributed by atoms with van der Waals surface area (Å²) < 4.78 is 5.62. The number of ketones is 1. The average Bonchev–Trinajstić information content (AvgIpc) is 2.65. The molecule has 1 aliphatic heterocycles. The van der Waals surface area contributed by atoms with Gasteiger partial charge in [-0.2, -0.15) is 11.8 Å². The monoisotopic (exact) mass is 300 g/mol. The van der Waals surface area contributed by atoms with Crippen LogP contribution in [0, 0.1) is 0 Å². The van der Waals surface area contributed by atoms with Crippen molar-refractivity contribution in [3.8, 4) is 5.75 Å².